The molecule has 0 radical (unpaired) electrons. The minimum Gasteiger partial charge on any atom is -0.386 e. The van der Waals surface area contributed by atoms with Crippen LogP contribution >= 0.6 is 7.82 Å². The molecule has 4 rings (SSSR count). The Kier molecular flexibility index (Phi) is 4.11. The van der Waals surface area contributed by atoms with Gasteiger partial charge >= 0.3 is 7.82 Å². The second kappa shape index (κ2) is 6.09. The van der Waals surface area contributed by atoms with Gasteiger partial charge in [0, 0.05) is 6.54 Å². The third kappa shape index (κ3) is 2.65. The van der Waals surface area contributed by atoms with Crippen LogP contribution in [0, 0.1) is 0 Å². The zero-order valence-corrected chi connectivity index (χ0v) is 14.4. The van der Waals surface area contributed by atoms with E-state index >= 15 is 0 Å². The number of rotatable bonds is 3. The molecular weight excluding hydrogens is 371 g/mol. The first-order chi connectivity index (χ1) is 12.3. The molecule has 0 spiro atoms. The van der Waals surface area contributed by atoms with Gasteiger partial charge in [-0.2, -0.15) is 0 Å². The molecule has 1 unspecified atom stereocenters. The number of imidazole rings is 1. The summed E-state index contributed by atoms with van der Waals surface area (Å²) in [7, 11) is -4.26. The topological polar surface area (TPSA) is 178 Å². The Bertz CT molecular complexity index is 892. The first kappa shape index (κ1) is 17.5. The van der Waals surface area contributed by atoms with E-state index in [4.69, 9.17) is 19.5 Å². The molecular formula is C12H17N6O7P. The van der Waals surface area contributed by atoms with Crippen LogP contribution in [-0.4, -0.2) is 66.2 Å². The van der Waals surface area contributed by atoms with Gasteiger partial charge < -0.3 is 20.5 Å². The largest absolute Gasteiger partial charge is 0.472 e. The summed E-state index contributed by atoms with van der Waals surface area (Å²) in [4.78, 5) is 21.7. The van der Waals surface area contributed by atoms with Crippen molar-refractivity contribution in [2.45, 2.75) is 31.5 Å². The van der Waals surface area contributed by atoms with E-state index in [0.717, 1.165) is 5.06 Å². The number of hydrogen-bond acceptors (Lipinski definition) is 11. The summed E-state index contributed by atoms with van der Waals surface area (Å²) in [6.45, 7) is 1.63. The highest BCUT2D eigenvalue weighted by molar-refractivity contribution is 7.47. The van der Waals surface area contributed by atoms with Crippen molar-refractivity contribution < 1.29 is 33.6 Å². The first-order valence-electron chi connectivity index (χ1n) is 7.76. The molecule has 2 fully saturated rings. The second-order valence-corrected chi connectivity index (χ2v) is 7.22. The third-order valence-electron chi connectivity index (χ3n) is 4.24. The lowest BCUT2D eigenvalue weighted by molar-refractivity contribution is -0.0665. The van der Waals surface area contributed by atoms with Crippen molar-refractivity contribution >= 4 is 30.8 Å². The zero-order valence-electron chi connectivity index (χ0n) is 13.5. The molecule has 5 N–H and O–H groups in total. The molecule has 2 saturated heterocycles. The highest BCUT2D eigenvalue weighted by atomic mass is 31.2. The average molecular weight is 388 g/mol. The van der Waals surface area contributed by atoms with E-state index in [0.29, 0.717) is 0 Å². The molecule has 0 amide bonds. The fraction of sp³-hybridized carbons (Fsp3) is 0.583. The fourth-order valence-corrected chi connectivity index (χ4v) is 3.99. The lowest BCUT2D eigenvalue weighted by Gasteiger charge is -2.27. The van der Waals surface area contributed by atoms with E-state index in [1.54, 1.807) is 6.92 Å². The maximum absolute atomic E-state index is 11.6. The maximum atomic E-state index is 11.6. The Morgan fingerprint density at radius 2 is 2.27 bits per heavy atom. The zero-order chi connectivity index (χ0) is 18.6. The van der Waals surface area contributed by atoms with E-state index in [1.807, 2.05) is 0 Å². The molecule has 13 nitrogen and oxygen atoms in total. The van der Waals surface area contributed by atoms with Gasteiger partial charge in [-0.25, -0.2) is 24.6 Å². The Morgan fingerprint density at radius 3 is 3.00 bits per heavy atom. The van der Waals surface area contributed by atoms with E-state index < -0.39 is 32.4 Å². The molecule has 2 aliphatic rings. The summed E-state index contributed by atoms with van der Waals surface area (Å²) in [5.74, 6) is 0.106. The lowest BCUT2D eigenvalue weighted by atomic mass is 10.1. The summed E-state index contributed by atoms with van der Waals surface area (Å²) in [6, 6.07) is 0. The molecule has 0 aliphatic carbocycles. The molecule has 142 valence electrons. The minimum atomic E-state index is -4.26. The molecule has 14 heteroatoms. The summed E-state index contributed by atoms with van der Waals surface area (Å²) < 4.78 is 28.4. The molecule has 26 heavy (non-hydrogen) atoms. The molecule has 2 aromatic rings. The van der Waals surface area contributed by atoms with Gasteiger partial charge in [0.05, 0.1) is 6.61 Å². The number of nitrogen functional groups attached to an aromatic ring is 1. The summed E-state index contributed by atoms with van der Waals surface area (Å²) in [5, 5.41) is 21.6. The number of hydrogen-bond donors (Lipinski definition) is 4. The number of phosphoric acid groups is 1. The molecule has 2 aliphatic heterocycles. The number of fused-ring (bicyclic) bond motifs is 2. The number of nitrogens with zero attached hydrogens (tertiary/aromatic N) is 5. The Labute approximate surface area is 146 Å². The number of aliphatic hydroxyl groups excluding tert-OH is 1. The number of aliphatic hydroxyl groups is 1. The predicted octanol–water partition coefficient (Wildman–Crippen LogP) is -0.602. The van der Waals surface area contributed by atoms with Crippen LogP contribution in [0.25, 0.3) is 11.2 Å². The normalized spacial score (nSPS) is 34.2. The van der Waals surface area contributed by atoms with Gasteiger partial charge in [-0.1, -0.05) is 0 Å². The SMILES string of the molecule is CCN(O)c1nc2c(N)ncnc2n1[C@@H]1O[C@@H]2COP(=O)(O)O[C@H]2[C@H]1O. The standard InChI is InChI=1S/C12H17N6O7P/c1-2-17(20)12-16-6-9(13)14-4-15-10(6)18(12)11-7(19)8-5(24-11)3-23-26(21,22)25-8/h4-5,7-8,11,19-20H,2-3H2,1H3,(H,21,22)(H2,13,14,15)/t5-,7-,8-,11-/m1/s1. The van der Waals surface area contributed by atoms with Crippen molar-refractivity contribution in [2.75, 3.05) is 23.9 Å². The van der Waals surface area contributed by atoms with Crippen LogP contribution in [0.4, 0.5) is 11.8 Å². The first-order valence-corrected chi connectivity index (χ1v) is 9.26. The van der Waals surface area contributed by atoms with Gasteiger partial charge in [-0.3, -0.25) is 18.8 Å². The van der Waals surface area contributed by atoms with Crippen molar-refractivity contribution in [3.8, 4) is 0 Å². The monoisotopic (exact) mass is 388 g/mol. The average Bonchev–Trinajstić information content (AvgIpc) is 3.13. The minimum absolute atomic E-state index is 0.0190. The van der Waals surface area contributed by atoms with E-state index in [9.17, 15) is 19.8 Å². The number of nitrogens with two attached hydrogens (primary N) is 1. The smallest absolute Gasteiger partial charge is 0.386 e. The van der Waals surface area contributed by atoms with Gasteiger partial charge in [0.25, 0.3) is 0 Å². The summed E-state index contributed by atoms with van der Waals surface area (Å²) in [5.41, 5.74) is 6.25. The quantitative estimate of drug-likeness (QED) is 0.388. The van der Waals surface area contributed by atoms with Crippen LogP contribution in [0.5, 0.6) is 0 Å². The Morgan fingerprint density at radius 1 is 1.50 bits per heavy atom. The van der Waals surface area contributed by atoms with Gasteiger partial charge in [-0.05, 0) is 6.92 Å². The maximum Gasteiger partial charge on any atom is 0.472 e. The van der Waals surface area contributed by atoms with Crippen LogP contribution in [-0.2, 0) is 18.3 Å². The highest BCUT2D eigenvalue weighted by Crippen LogP contribution is 2.53. The van der Waals surface area contributed by atoms with Crippen LogP contribution in [0.2, 0.25) is 0 Å². The predicted molar refractivity (Wildman–Crippen MR) is 85.1 cm³/mol. The molecule has 0 aromatic carbocycles. The molecule has 4 heterocycles. The molecule has 0 saturated carbocycles. The Hall–Kier alpha value is -1.86. The van der Waals surface area contributed by atoms with Crippen molar-refractivity contribution in [1.29, 1.82) is 0 Å². The van der Waals surface area contributed by atoms with Gasteiger partial charge in [0.1, 0.15) is 24.6 Å². The molecule has 0 bridgehead atoms. The van der Waals surface area contributed by atoms with Gasteiger partial charge in [0.15, 0.2) is 23.2 Å². The number of anilines is 2. The lowest BCUT2D eigenvalue weighted by Crippen LogP contribution is -2.39. The number of aromatic nitrogens is 4. The van der Waals surface area contributed by atoms with Crippen molar-refractivity contribution in [1.82, 2.24) is 19.5 Å². The van der Waals surface area contributed by atoms with E-state index in [2.05, 4.69) is 15.0 Å². The van der Waals surface area contributed by atoms with E-state index in [-0.39, 0.29) is 36.1 Å². The number of phosphoric ester groups is 1. The van der Waals surface area contributed by atoms with Gasteiger partial charge in [-0.15, -0.1) is 0 Å². The van der Waals surface area contributed by atoms with Crippen molar-refractivity contribution in [3.63, 3.8) is 0 Å². The van der Waals surface area contributed by atoms with Crippen molar-refractivity contribution in [3.05, 3.63) is 6.33 Å². The number of hydroxylamine groups is 1. The van der Waals surface area contributed by atoms with Crippen molar-refractivity contribution in [2.24, 2.45) is 0 Å². The van der Waals surface area contributed by atoms with E-state index in [1.165, 1.54) is 10.9 Å². The second-order valence-electron chi connectivity index (χ2n) is 5.82. The summed E-state index contributed by atoms with van der Waals surface area (Å²) in [6.07, 6.45) is -3.13. The van der Waals surface area contributed by atoms with Crippen LogP contribution in [0.15, 0.2) is 6.33 Å². The third-order valence-corrected chi connectivity index (χ3v) is 5.22. The highest BCUT2D eigenvalue weighted by Gasteiger charge is 2.53. The molecule has 5 atom stereocenters. The van der Waals surface area contributed by atoms with Crippen LogP contribution < -0.4 is 10.8 Å². The van der Waals surface area contributed by atoms with Crippen LogP contribution in [0.3, 0.4) is 0 Å². The fourth-order valence-electron chi connectivity index (χ4n) is 3.02. The van der Waals surface area contributed by atoms with Gasteiger partial charge in [0.2, 0.25) is 5.95 Å². The number of ether oxygens (including phenoxy) is 1. The van der Waals surface area contributed by atoms with Crippen LogP contribution in [0.1, 0.15) is 13.2 Å². The molecule has 2 aromatic heterocycles. The summed E-state index contributed by atoms with van der Waals surface area (Å²) >= 11 is 0. The Balaban J connectivity index is 1.81.